The van der Waals surface area contributed by atoms with E-state index in [4.69, 9.17) is 5.26 Å². The van der Waals surface area contributed by atoms with E-state index < -0.39 is 0 Å². The van der Waals surface area contributed by atoms with E-state index in [1.54, 1.807) is 30.5 Å². The maximum Gasteiger partial charge on any atom is 0.252 e. The van der Waals surface area contributed by atoms with Crippen molar-refractivity contribution < 1.29 is 9.59 Å². The van der Waals surface area contributed by atoms with Gasteiger partial charge in [-0.1, -0.05) is 12.1 Å². The molecular formula is C17H16IN5O2. The van der Waals surface area contributed by atoms with E-state index in [-0.39, 0.29) is 18.4 Å². The Labute approximate surface area is 159 Å². The molecule has 0 aliphatic rings. The molecule has 0 radical (unpaired) electrons. The monoisotopic (exact) mass is 449 g/mol. The van der Waals surface area contributed by atoms with Crippen LogP contribution in [0.4, 0.5) is 5.82 Å². The summed E-state index contributed by atoms with van der Waals surface area (Å²) < 4.78 is 0.825. The van der Waals surface area contributed by atoms with Crippen LogP contribution in [-0.4, -0.2) is 36.4 Å². The minimum Gasteiger partial charge on any atom is -0.367 e. The second-order valence-electron chi connectivity index (χ2n) is 4.95. The number of pyridine rings is 1. The second kappa shape index (κ2) is 9.58. The topological polar surface area (TPSA) is 107 Å². The van der Waals surface area contributed by atoms with Crippen molar-refractivity contribution >= 4 is 40.2 Å². The minimum absolute atomic E-state index is 0.100. The first-order chi connectivity index (χ1) is 12.1. The first kappa shape index (κ1) is 18.7. The molecule has 0 unspecified atom stereocenters. The molecular weight excluding hydrogens is 433 g/mol. The molecule has 7 nitrogen and oxygen atoms in total. The summed E-state index contributed by atoms with van der Waals surface area (Å²) >= 11 is 2.07. The van der Waals surface area contributed by atoms with Gasteiger partial charge < -0.3 is 16.0 Å². The molecule has 1 aromatic carbocycles. The van der Waals surface area contributed by atoms with Crippen molar-refractivity contribution in [2.75, 3.05) is 25.0 Å². The van der Waals surface area contributed by atoms with E-state index in [1.807, 2.05) is 18.2 Å². The molecule has 0 saturated carbocycles. The number of amides is 2. The Morgan fingerprint density at radius 2 is 1.92 bits per heavy atom. The number of halogens is 1. The number of aromatic nitrogens is 1. The predicted molar refractivity (Wildman–Crippen MR) is 102 cm³/mol. The van der Waals surface area contributed by atoms with Crippen molar-refractivity contribution in [2.45, 2.75) is 0 Å². The van der Waals surface area contributed by atoms with Gasteiger partial charge >= 0.3 is 0 Å². The molecule has 0 aliphatic carbocycles. The highest BCUT2D eigenvalue weighted by Crippen LogP contribution is 2.11. The molecule has 1 heterocycles. The third-order valence-electron chi connectivity index (χ3n) is 3.20. The fourth-order valence-electron chi connectivity index (χ4n) is 1.98. The average molecular weight is 449 g/mol. The highest BCUT2D eigenvalue weighted by Gasteiger charge is 2.10. The van der Waals surface area contributed by atoms with Crippen LogP contribution in [0.25, 0.3) is 0 Å². The highest BCUT2D eigenvalue weighted by atomic mass is 127. The highest BCUT2D eigenvalue weighted by molar-refractivity contribution is 14.1. The van der Waals surface area contributed by atoms with Crippen LogP contribution in [0, 0.1) is 14.9 Å². The van der Waals surface area contributed by atoms with Gasteiger partial charge in [0.2, 0.25) is 5.91 Å². The van der Waals surface area contributed by atoms with Crippen molar-refractivity contribution in [1.82, 2.24) is 15.6 Å². The molecule has 2 amide bonds. The van der Waals surface area contributed by atoms with Crippen LogP contribution in [0.1, 0.15) is 15.9 Å². The Bertz CT molecular complexity index is 804. The number of hydrogen-bond acceptors (Lipinski definition) is 5. The predicted octanol–water partition coefficient (Wildman–Crippen LogP) is 1.52. The van der Waals surface area contributed by atoms with Gasteiger partial charge in [0.1, 0.15) is 11.9 Å². The van der Waals surface area contributed by atoms with Crippen molar-refractivity contribution in [3.05, 3.63) is 57.3 Å². The number of rotatable bonds is 7. The molecule has 1 aromatic heterocycles. The normalized spacial score (nSPS) is 9.76. The number of benzene rings is 1. The molecule has 2 rings (SSSR count). The molecule has 0 aliphatic heterocycles. The maximum atomic E-state index is 12.0. The Morgan fingerprint density at radius 3 is 2.68 bits per heavy atom. The number of nitrogens with one attached hydrogen (secondary N) is 3. The zero-order valence-electron chi connectivity index (χ0n) is 13.3. The Kier molecular flexibility index (Phi) is 7.16. The number of carbonyl (C=O) groups excluding carboxylic acids is 2. The van der Waals surface area contributed by atoms with Gasteiger partial charge in [0.05, 0.1) is 17.7 Å². The number of carbonyl (C=O) groups is 2. The second-order valence-corrected chi connectivity index (χ2v) is 6.11. The van der Waals surface area contributed by atoms with Crippen molar-refractivity contribution in [2.24, 2.45) is 0 Å². The van der Waals surface area contributed by atoms with Crippen LogP contribution >= 0.6 is 22.6 Å². The fourth-order valence-corrected chi connectivity index (χ4v) is 2.62. The lowest BCUT2D eigenvalue weighted by Crippen LogP contribution is -2.38. The van der Waals surface area contributed by atoms with Crippen molar-refractivity contribution in [3.63, 3.8) is 0 Å². The molecule has 3 N–H and O–H groups in total. The summed E-state index contributed by atoms with van der Waals surface area (Å²) in [6, 6.07) is 12.5. The minimum atomic E-state index is -0.289. The summed E-state index contributed by atoms with van der Waals surface area (Å²) in [4.78, 5) is 27.8. The van der Waals surface area contributed by atoms with Crippen LogP contribution in [0.5, 0.6) is 0 Å². The van der Waals surface area contributed by atoms with Crippen molar-refractivity contribution in [3.8, 4) is 6.07 Å². The summed E-state index contributed by atoms with van der Waals surface area (Å²) in [5.74, 6) is -0.0979. The summed E-state index contributed by atoms with van der Waals surface area (Å²) in [6.07, 6.45) is 1.59. The van der Waals surface area contributed by atoms with Crippen molar-refractivity contribution in [1.29, 1.82) is 5.26 Å². The Hall–Kier alpha value is -2.67. The largest absolute Gasteiger partial charge is 0.367 e. The van der Waals surface area contributed by atoms with Gasteiger partial charge in [0.15, 0.2) is 0 Å². The number of nitriles is 1. The standard InChI is InChI=1S/C17H16IN5O2/c18-14-6-2-1-5-13(14)17(25)23-11-15(24)20-8-9-22-16-12(10-19)4-3-7-21-16/h1-7H,8-9,11H2,(H,20,24)(H,21,22)(H,23,25). The van der Waals surface area contributed by atoms with Crippen LogP contribution < -0.4 is 16.0 Å². The van der Waals surface area contributed by atoms with Gasteiger partial charge in [-0.3, -0.25) is 9.59 Å². The molecule has 0 bridgehead atoms. The average Bonchev–Trinajstić information content (AvgIpc) is 2.64. The van der Waals surface area contributed by atoms with Gasteiger partial charge in [-0.05, 0) is 46.9 Å². The van der Waals surface area contributed by atoms with E-state index in [0.29, 0.717) is 30.0 Å². The lowest BCUT2D eigenvalue weighted by molar-refractivity contribution is -0.120. The zero-order chi connectivity index (χ0) is 18.1. The maximum absolute atomic E-state index is 12.0. The molecule has 2 aromatic rings. The van der Waals surface area contributed by atoms with E-state index in [0.717, 1.165) is 3.57 Å². The zero-order valence-corrected chi connectivity index (χ0v) is 15.4. The third-order valence-corrected chi connectivity index (χ3v) is 4.14. The third kappa shape index (κ3) is 5.72. The van der Waals surface area contributed by atoms with E-state index in [1.165, 1.54) is 0 Å². The first-order valence-electron chi connectivity index (χ1n) is 7.50. The van der Waals surface area contributed by atoms with E-state index in [2.05, 4.69) is 43.5 Å². The Balaban J connectivity index is 1.70. The van der Waals surface area contributed by atoms with E-state index >= 15 is 0 Å². The van der Waals surface area contributed by atoms with E-state index in [9.17, 15) is 9.59 Å². The quantitative estimate of drug-likeness (QED) is 0.439. The van der Waals surface area contributed by atoms with Crippen LogP contribution in [-0.2, 0) is 4.79 Å². The van der Waals surface area contributed by atoms with Gasteiger partial charge in [0, 0.05) is 22.9 Å². The molecule has 0 saturated heterocycles. The smallest absolute Gasteiger partial charge is 0.252 e. The summed E-state index contributed by atoms with van der Waals surface area (Å²) in [5.41, 5.74) is 0.982. The number of hydrogen-bond donors (Lipinski definition) is 3. The molecule has 0 spiro atoms. The first-order valence-corrected chi connectivity index (χ1v) is 8.58. The van der Waals surface area contributed by atoms with Gasteiger partial charge in [-0.15, -0.1) is 0 Å². The lowest BCUT2D eigenvalue weighted by atomic mass is 10.2. The number of nitrogens with zero attached hydrogens (tertiary/aromatic N) is 2. The van der Waals surface area contributed by atoms with Gasteiger partial charge in [-0.25, -0.2) is 4.98 Å². The van der Waals surface area contributed by atoms with Gasteiger partial charge in [0.25, 0.3) is 5.91 Å². The van der Waals surface area contributed by atoms with Crippen LogP contribution in [0.15, 0.2) is 42.6 Å². The molecule has 8 heteroatoms. The fraction of sp³-hybridized carbons (Fsp3) is 0.176. The molecule has 0 atom stereocenters. The summed E-state index contributed by atoms with van der Waals surface area (Å²) in [5, 5.41) is 17.2. The summed E-state index contributed by atoms with van der Waals surface area (Å²) in [6.45, 7) is 0.665. The van der Waals surface area contributed by atoms with Gasteiger partial charge in [-0.2, -0.15) is 5.26 Å². The molecule has 25 heavy (non-hydrogen) atoms. The molecule has 0 fully saturated rings. The van der Waals surface area contributed by atoms with Crippen LogP contribution in [0.2, 0.25) is 0 Å². The summed E-state index contributed by atoms with van der Waals surface area (Å²) in [7, 11) is 0. The Morgan fingerprint density at radius 1 is 1.12 bits per heavy atom. The number of anilines is 1. The van der Waals surface area contributed by atoms with Crippen LogP contribution in [0.3, 0.4) is 0 Å². The SMILES string of the molecule is N#Cc1cccnc1NCCNC(=O)CNC(=O)c1ccccc1I. The lowest BCUT2D eigenvalue weighted by Gasteiger charge is -2.09. The molecule has 128 valence electrons.